The van der Waals surface area contributed by atoms with Gasteiger partial charge in [-0.05, 0) is 146 Å². The highest BCUT2D eigenvalue weighted by atomic mass is 32.1. The number of hydrogen-bond donors (Lipinski definition) is 0. The maximum absolute atomic E-state index is 2.50. The van der Waals surface area contributed by atoms with Crippen LogP contribution < -0.4 is 0 Å². The van der Waals surface area contributed by atoms with E-state index in [4.69, 9.17) is 0 Å². The quantitative estimate of drug-likeness (QED) is 0.155. The van der Waals surface area contributed by atoms with Crippen LogP contribution in [0.25, 0.3) is 176 Å². The molecule has 374 valence electrons. The summed E-state index contributed by atoms with van der Waals surface area (Å²) < 4.78 is 7.76. The Labute approximate surface area is 473 Å². The van der Waals surface area contributed by atoms with Crippen molar-refractivity contribution in [3.63, 3.8) is 0 Å². The second-order valence-electron chi connectivity index (χ2n) is 21.8. The number of nitrogens with zero attached hydrogens (tertiary/aromatic N) is 1. The molecule has 0 unspecified atom stereocenters. The Kier molecular flexibility index (Phi) is 9.61. The number of benzene rings is 14. The Morgan fingerprint density at radius 1 is 0.222 bits per heavy atom. The van der Waals surface area contributed by atoms with Crippen LogP contribution in [-0.4, -0.2) is 4.40 Å². The molecule has 19 rings (SSSR count). The van der Waals surface area contributed by atoms with E-state index in [1.54, 1.807) is 0 Å². The Hall–Kier alpha value is -9.90. The Morgan fingerprint density at radius 3 is 1.40 bits per heavy atom. The molecule has 0 fully saturated rings. The Bertz CT molecular complexity index is 5820. The lowest BCUT2D eigenvalue weighted by Gasteiger charge is -2.16. The first-order valence-corrected chi connectivity index (χ1v) is 29.5. The summed E-state index contributed by atoms with van der Waals surface area (Å²) in [5.74, 6) is 0. The van der Waals surface area contributed by atoms with Crippen LogP contribution in [-0.2, 0) is 0 Å². The van der Waals surface area contributed by atoms with Crippen molar-refractivity contribution >= 4 is 166 Å². The van der Waals surface area contributed by atoms with Crippen molar-refractivity contribution in [3.05, 3.63) is 273 Å². The molecule has 81 heavy (non-hydrogen) atoms. The van der Waals surface area contributed by atoms with Gasteiger partial charge in [0.2, 0.25) is 0 Å². The van der Waals surface area contributed by atoms with Gasteiger partial charge in [0.05, 0.1) is 11.0 Å². The van der Waals surface area contributed by atoms with Gasteiger partial charge in [-0.1, -0.05) is 231 Å². The molecule has 14 aromatic carbocycles. The first-order chi connectivity index (χ1) is 40.2. The number of thiophene rings is 2. The van der Waals surface area contributed by atoms with Gasteiger partial charge in [-0.2, -0.15) is 0 Å². The van der Waals surface area contributed by atoms with Crippen molar-refractivity contribution in [3.8, 4) is 33.4 Å². The molecule has 0 atom stereocenters. The monoisotopic (exact) mass is 1060 g/mol. The van der Waals surface area contributed by atoms with Crippen molar-refractivity contribution < 1.29 is 0 Å². The summed E-state index contributed by atoms with van der Waals surface area (Å²) in [6.07, 6.45) is 0. The number of aromatic nitrogens is 1. The van der Waals surface area contributed by atoms with Gasteiger partial charge in [0.25, 0.3) is 0 Å². The largest absolute Gasteiger partial charge is 0.309 e. The minimum absolute atomic E-state index is 1.13. The third-order valence-corrected chi connectivity index (χ3v) is 20.1. The molecule has 3 heteroatoms. The molecule has 0 spiro atoms. The van der Waals surface area contributed by atoms with E-state index >= 15 is 0 Å². The molecule has 0 radical (unpaired) electrons. The highest BCUT2D eigenvalue weighted by Gasteiger charge is 2.20. The molecule has 0 N–H and O–H groups in total. The van der Waals surface area contributed by atoms with Crippen LogP contribution in [0.4, 0.5) is 0 Å². The fourth-order valence-electron chi connectivity index (χ4n) is 13.9. The predicted molar refractivity (Wildman–Crippen MR) is 355 cm³/mol. The summed E-state index contributed by atoms with van der Waals surface area (Å²) in [5, 5.41) is 24.9. The molecule has 0 aliphatic heterocycles. The molecular formula is C78H45NS2. The predicted octanol–water partition coefficient (Wildman–Crippen LogP) is 23.2. The second kappa shape index (κ2) is 17.3. The number of hydrogen-bond acceptors (Lipinski definition) is 2. The van der Waals surface area contributed by atoms with E-state index in [1.165, 1.54) is 171 Å². The molecule has 0 amide bonds. The van der Waals surface area contributed by atoms with Gasteiger partial charge in [0, 0.05) is 62.0 Å². The maximum atomic E-state index is 2.50. The first-order valence-electron chi connectivity index (χ1n) is 27.9. The van der Waals surface area contributed by atoms with E-state index in [-0.39, 0.29) is 0 Å². The van der Waals surface area contributed by atoms with E-state index in [0.717, 1.165) is 5.52 Å². The van der Waals surface area contributed by atoms with Gasteiger partial charge in [0.1, 0.15) is 0 Å². The van der Waals surface area contributed by atoms with Crippen molar-refractivity contribution in [1.29, 1.82) is 0 Å². The Balaban J connectivity index is 1.00. The second-order valence-corrected chi connectivity index (χ2v) is 23.8. The summed E-state index contributed by atoms with van der Waals surface area (Å²) in [4.78, 5) is 0. The minimum atomic E-state index is 1.13. The number of fused-ring (bicyclic) bond motifs is 7. The average molecular weight is 1060 g/mol. The normalized spacial score (nSPS) is 12.2. The van der Waals surface area contributed by atoms with E-state index in [2.05, 4.69) is 277 Å². The zero-order chi connectivity index (χ0) is 52.9. The molecule has 0 saturated carbocycles. The highest BCUT2D eigenvalue weighted by molar-refractivity contribution is 7.27. The van der Waals surface area contributed by atoms with Crippen molar-refractivity contribution in [2.45, 2.75) is 0 Å². The van der Waals surface area contributed by atoms with Crippen LogP contribution in [0.2, 0.25) is 0 Å². The van der Waals surface area contributed by atoms with Gasteiger partial charge < -0.3 is 4.40 Å². The molecule has 0 aliphatic rings. The lowest BCUT2D eigenvalue weighted by Crippen LogP contribution is -1.89. The lowest BCUT2D eigenvalue weighted by atomic mass is 9.87. The van der Waals surface area contributed by atoms with Crippen LogP contribution in [0.5, 0.6) is 0 Å². The molecule has 14 bridgehead atoms. The standard InChI is InChI=1S/C78H45NS2/c1-3-16-46(17-4-1)53-24-10-32-64-65-33-11-25-54(76(65)80-75(53)64)50-37-40-71-68(44-50)69-45-51-38-41-72(69)79(71)52-21-9-20-48(42-52)49-36-39-62-70(43-49)74(61-23-8-7-22-60(61)73(62)47-18-5-2-6-19-47)59-30-14-27-56-57(59)28-13-29-58(56)63-31-15-35-67-66-34-12-26-55(51)77(66)81-78(63)67/h1-45H. The number of rotatable bonds is 3. The molecule has 1 nitrogen and oxygen atoms in total. The van der Waals surface area contributed by atoms with E-state index < -0.39 is 0 Å². The highest BCUT2D eigenvalue weighted by Crippen LogP contribution is 2.48. The third kappa shape index (κ3) is 6.59. The van der Waals surface area contributed by atoms with Crippen LogP contribution in [0.1, 0.15) is 0 Å². The van der Waals surface area contributed by atoms with Crippen molar-refractivity contribution in [1.82, 2.24) is 4.40 Å². The zero-order valence-corrected chi connectivity index (χ0v) is 45.4. The van der Waals surface area contributed by atoms with Gasteiger partial charge in [-0.3, -0.25) is 0 Å². The summed E-state index contributed by atoms with van der Waals surface area (Å²) in [5.41, 5.74) is 11.0. The molecule has 0 saturated heterocycles. The topological polar surface area (TPSA) is 4.41 Å². The molecule has 5 aromatic heterocycles. The van der Waals surface area contributed by atoms with Crippen LogP contribution >= 0.6 is 22.7 Å². The zero-order valence-electron chi connectivity index (χ0n) is 43.7. The van der Waals surface area contributed by atoms with Crippen LogP contribution in [0.15, 0.2) is 273 Å². The summed E-state index contributed by atoms with van der Waals surface area (Å²) >= 11 is 3.85. The molecule has 19 aromatic rings. The van der Waals surface area contributed by atoms with E-state index in [9.17, 15) is 0 Å². The van der Waals surface area contributed by atoms with Gasteiger partial charge in [-0.25, -0.2) is 0 Å². The van der Waals surface area contributed by atoms with Gasteiger partial charge >= 0.3 is 0 Å². The maximum Gasteiger partial charge on any atom is 0.0541 e. The smallest absolute Gasteiger partial charge is 0.0541 e. The van der Waals surface area contributed by atoms with E-state index in [0.29, 0.717) is 0 Å². The van der Waals surface area contributed by atoms with Crippen LogP contribution in [0.3, 0.4) is 0 Å². The SMILES string of the molecule is c1ccc(-c2c3ccccc3c3c4cc(ccc24)c2cccc(c2)n2c4ccc(-c5cccc6c5sc5c(-c7ccccc7)cccc56)cc4c4cc(ccc42)c2cccc4c5cccc(c6cccc7c6cccc73)c5sc24)cc1. The Morgan fingerprint density at radius 2 is 0.667 bits per heavy atom. The fourth-order valence-corrected chi connectivity index (χ4v) is 16.7. The molecule has 0 aliphatic carbocycles. The lowest BCUT2D eigenvalue weighted by molar-refractivity contribution is 1.34. The van der Waals surface area contributed by atoms with Gasteiger partial charge in [0.15, 0.2) is 0 Å². The van der Waals surface area contributed by atoms with E-state index in [1.807, 2.05) is 22.7 Å². The summed E-state index contributed by atoms with van der Waals surface area (Å²) in [6, 6.07) is 103. The minimum Gasteiger partial charge on any atom is -0.309 e. The first kappa shape index (κ1) is 45.0. The molecular weight excluding hydrogens is 1010 g/mol. The van der Waals surface area contributed by atoms with Gasteiger partial charge in [-0.15, -0.1) is 22.7 Å². The third-order valence-electron chi connectivity index (χ3n) is 17.5. The molecule has 5 heterocycles. The summed E-state index contributed by atoms with van der Waals surface area (Å²) in [7, 11) is 0. The fraction of sp³-hybridized carbons (Fsp3) is 0. The van der Waals surface area contributed by atoms with Crippen molar-refractivity contribution in [2.24, 2.45) is 0 Å². The van der Waals surface area contributed by atoms with Crippen molar-refractivity contribution in [2.75, 3.05) is 0 Å². The summed E-state index contributed by atoms with van der Waals surface area (Å²) in [6.45, 7) is 0. The van der Waals surface area contributed by atoms with Crippen LogP contribution in [0, 0.1) is 0 Å². The average Bonchev–Trinajstić information content (AvgIpc) is 4.42.